The van der Waals surface area contributed by atoms with Gasteiger partial charge in [0.2, 0.25) is 0 Å². The number of ketones is 1. The molecule has 0 amide bonds. The Kier molecular flexibility index (Phi) is 4.67. The molecule has 0 saturated heterocycles. The minimum Gasteiger partial charge on any atom is -0.468 e. The number of carbonyl (C=O) groups is 2. The number of unbranched alkanes of at least 4 members (excludes halogenated alkanes) is 1. The monoisotopic (exact) mass is 186 g/mol. The van der Waals surface area contributed by atoms with Crippen LogP contribution in [-0.4, -0.2) is 18.9 Å². The number of esters is 1. The van der Waals surface area contributed by atoms with Gasteiger partial charge in [-0.1, -0.05) is 13.3 Å². The fourth-order valence-electron chi connectivity index (χ4n) is 1.02. The van der Waals surface area contributed by atoms with E-state index in [2.05, 4.69) is 4.74 Å². The molecular formula is C10H18O3. The molecule has 0 heterocycles. The lowest BCUT2D eigenvalue weighted by atomic mass is 9.85. The van der Waals surface area contributed by atoms with E-state index < -0.39 is 11.4 Å². The highest BCUT2D eigenvalue weighted by atomic mass is 16.5. The van der Waals surface area contributed by atoms with Crippen LogP contribution in [0.3, 0.4) is 0 Å². The van der Waals surface area contributed by atoms with Gasteiger partial charge in [-0.3, -0.25) is 9.59 Å². The zero-order chi connectivity index (χ0) is 10.5. The van der Waals surface area contributed by atoms with E-state index in [1.807, 2.05) is 6.92 Å². The van der Waals surface area contributed by atoms with Gasteiger partial charge in [-0.2, -0.15) is 0 Å². The molecule has 0 N–H and O–H groups in total. The first-order valence-electron chi connectivity index (χ1n) is 4.58. The Morgan fingerprint density at radius 2 is 1.85 bits per heavy atom. The Morgan fingerprint density at radius 1 is 1.31 bits per heavy atom. The van der Waals surface area contributed by atoms with E-state index >= 15 is 0 Å². The van der Waals surface area contributed by atoms with Crippen LogP contribution in [0.4, 0.5) is 0 Å². The predicted octanol–water partition coefficient (Wildman–Crippen LogP) is 1.94. The van der Waals surface area contributed by atoms with Crippen LogP contribution in [0.2, 0.25) is 0 Å². The number of carbonyl (C=O) groups excluding carboxylic acids is 2. The minimum atomic E-state index is -0.982. The maximum Gasteiger partial charge on any atom is 0.318 e. The molecule has 0 aliphatic heterocycles. The number of methoxy groups -OCH3 is 1. The van der Waals surface area contributed by atoms with Gasteiger partial charge in [0, 0.05) is 6.42 Å². The fraction of sp³-hybridized carbons (Fsp3) is 0.800. The van der Waals surface area contributed by atoms with Crippen molar-refractivity contribution in [2.45, 2.75) is 40.0 Å². The molecule has 76 valence electrons. The molecule has 0 aromatic heterocycles. The van der Waals surface area contributed by atoms with Crippen LogP contribution in [0.1, 0.15) is 40.0 Å². The number of hydrogen-bond acceptors (Lipinski definition) is 3. The Bertz CT molecular complexity index is 194. The largest absolute Gasteiger partial charge is 0.468 e. The quantitative estimate of drug-likeness (QED) is 0.487. The summed E-state index contributed by atoms with van der Waals surface area (Å²) in [7, 11) is 1.30. The fourth-order valence-corrected chi connectivity index (χ4v) is 1.02. The van der Waals surface area contributed by atoms with E-state index in [0.29, 0.717) is 6.42 Å². The number of ether oxygens (including phenoxy) is 1. The average Bonchev–Trinajstić information content (AvgIpc) is 2.12. The normalized spacial score (nSPS) is 11.1. The second-order valence-corrected chi connectivity index (χ2v) is 3.64. The highest BCUT2D eigenvalue weighted by Gasteiger charge is 2.35. The maximum atomic E-state index is 11.5. The summed E-state index contributed by atoms with van der Waals surface area (Å²) < 4.78 is 4.56. The molecule has 0 saturated carbocycles. The minimum absolute atomic E-state index is 0.0406. The van der Waals surface area contributed by atoms with Crippen molar-refractivity contribution in [1.82, 2.24) is 0 Å². The smallest absolute Gasteiger partial charge is 0.318 e. The third-order valence-corrected chi connectivity index (χ3v) is 2.15. The summed E-state index contributed by atoms with van der Waals surface area (Å²) in [6, 6.07) is 0. The van der Waals surface area contributed by atoms with Gasteiger partial charge < -0.3 is 4.74 Å². The number of Topliss-reactive ketones (excluding diaryl/α,β-unsaturated/α-hetero) is 1. The Balaban J connectivity index is 4.27. The zero-order valence-electron chi connectivity index (χ0n) is 8.85. The third-order valence-electron chi connectivity index (χ3n) is 2.15. The molecule has 3 heteroatoms. The van der Waals surface area contributed by atoms with E-state index in [4.69, 9.17) is 0 Å². The molecule has 0 bridgehead atoms. The standard InChI is InChI=1S/C10H18O3/c1-5-6-7-8(11)10(2,3)9(12)13-4/h5-7H2,1-4H3. The molecular weight excluding hydrogens is 168 g/mol. The topological polar surface area (TPSA) is 43.4 Å². The molecule has 0 fully saturated rings. The van der Waals surface area contributed by atoms with Gasteiger partial charge in [-0.25, -0.2) is 0 Å². The predicted molar refractivity (Wildman–Crippen MR) is 50.3 cm³/mol. The molecule has 3 nitrogen and oxygen atoms in total. The summed E-state index contributed by atoms with van der Waals surface area (Å²) >= 11 is 0. The molecule has 0 aliphatic carbocycles. The first-order valence-corrected chi connectivity index (χ1v) is 4.58. The molecule has 0 aromatic carbocycles. The van der Waals surface area contributed by atoms with Crippen LogP contribution in [-0.2, 0) is 14.3 Å². The second kappa shape index (κ2) is 5.00. The number of rotatable bonds is 5. The summed E-state index contributed by atoms with van der Waals surface area (Å²) in [6.45, 7) is 5.23. The maximum absolute atomic E-state index is 11.5. The Labute approximate surface area is 79.5 Å². The lowest BCUT2D eigenvalue weighted by Crippen LogP contribution is -2.34. The van der Waals surface area contributed by atoms with Crippen molar-refractivity contribution in [3.63, 3.8) is 0 Å². The van der Waals surface area contributed by atoms with E-state index in [9.17, 15) is 9.59 Å². The summed E-state index contributed by atoms with van der Waals surface area (Å²) in [5.41, 5.74) is -0.982. The summed E-state index contributed by atoms with van der Waals surface area (Å²) in [4.78, 5) is 22.7. The van der Waals surface area contributed by atoms with Crippen molar-refractivity contribution < 1.29 is 14.3 Å². The van der Waals surface area contributed by atoms with Gasteiger partial charge >= 0.3 is 5.97 Å². The van der Waals surface area contributed by atoms with Gasteiger partial charge in [0.15, 0.2) is 0 Å². The van der Waals surface area contributed by atoms with Gasteiger partial charge in [0.1, 0.15) is 11.2 Å². The van der Waals surface area contributed by atoms with Gasteiger partial charge in [0.05, 0.1) is 7.11 Å². The second-order valence-electron chi connectivity index (χ2n) is 3.64. The summed E-state index contributed by atoms with van der Waals surface area (Å²) in [6.07, 6.45) is 2.25. The molecule has 0 atom stereocenters. The molecule has 0 aliphatic rings. The highest BCUT2D eigenvalue weighted by Crippen LogP contribution is 2.21. The zero-order valence-corrected chi connectivity index (χ0v) is 8.85. The van der Waals surface area contributed by atoms with Crippen molar-refractivity contribution in [3.05, 3.63) is 0 Å². The van der Waals surface area contributed by atoms with Crippen LogP contribution in [0.15, 0.2) is 0 Å². The lowest BCUT2D eigenvalue weighted by Gasteiger charge is -2.19. The number of hydrogen-bond donors (Lipinski definition) is 0. The van der Waals surface area contributed by atoms with Crippen molar-refractivity contribution in [2.24, 2.45) is 5.41 Å². The molecule has 0 unspecified atom stereocenters. The van der Waals surface area contributed by atoms with Gasteiger partial charge in [-0.05, 0) is 20.3 Å². The Hall–Kier alpha value is -0.860. The summed E-state index contributed by atoms with van der Waals surface area (Å²) in [5.74, 6) is -0.491. The van der Waals surface area contributed by atoms with Crippen LogP contribution >= 0.6 is 0 Å². The third kappa shape index (κ3) is 3.17. The van der Waals surface area contributed by atoms with Crippen molar-refractivity contribution in [1.29, 1.82) is 0 Å². The molecule has 0 aromatic rings. The van der Waals surface area contributed by atoms with Crippen LogP contribution in [0.5, 0.6) is 0 Å². The van der Waals surface area contributed by atoms with Crippen LogP contribution in [0, 0.1) is 5.41 Å². The van der Waals surface area contributed by atoms with Crippen molar-refractivity contribution >= 4 is 11.8 Å². The van der Waals surface area contributed by atoms with E-state index in [-0.39, 0.29) is 5.78 Å². The van der Waals surface area contributed by atoms with Crippen LogP contribution < -0.4 is 0 Å². The Morgan fingerprint density at radius 3 is 2.23 bits per heavy atom. The van der Waals surface area contributed by atoms with Gasteiger partial charge in [0.25, 0.3) is 0 Å². The molecule has 0 spiro atoms. The molecule has 0 rings (SSSR count). The summed E-state index contributed by atoms with van der Waals surface area (Å²) in [5, 5.41) is 0. The molecule has 0 radical (unpaired) electrons. The SMILES string of the molecule is CCCCC(=O)C(C)(C)C(=O)OC. The first kappa shape index (κ1) is 12.1. The highest BCUT2D eigenvalue weighted by molar-refractivity contribution is 6.02. The first-order chi connectivity index (χ1) is 5.96. The average molecular weight is 186 g/mol. The van der Waals surface area contributed by atoms with E-state index in [0.717, 1.165) is 12.8 Å². The van der Waals surface area contributed by atoms with E-state index in [1.54, 1.807) is 13.8 Å². The molecule has 13 heavy (non-hydrogen) atoms. The van der Waals surface area contributed by atoms with E-state index in [1.165, 1.54) is 7.11 Å². The van der Waals surface area contributed by atoms with Crippen molar-refractivity contribution in [3.8, 4) is 0 Å². The van der Waals surface area contributed by atoms with Crippen LogP contribution in [0.25, 0.3) is 0 Å². The lowest BCUT2D eigenvalue weighted by molar-refractivity contribution is -0.155. The van der Waals surface area contributed by atoms with Crippen molar-refractivity contribution in [2.75, 3.05) is 7.11 Å². The van der Waals surface area contributed by atoms with Gasteiger partial charge in [-0.15, -0.1) is 0 Å².